The van der Waals surface area contributed by atoms with Crippen molar-refractivity contribution >= 4 is 0 Å². The van der Waals surface area contributed by atoms with Crippen molar-refractivity contribution < 1.29 is 26.7 Å². The van der Waals surface area contributed by atoms with Gasteiger partial charge < -0.3 is 4.74 Å². The minimum atomic E-state index is -3.53. The Morgan fingerprint density at radius 2 is 1.36 bits per heavy atom. The molecule has 0 spiro atoms. The van der Waals surface area contributed by atoms with Crippen LogP contribution in [0, 0.1) is 41.1 Å². The number of alkyl halides is 2. The summed E-state index contributed by atoms with van der Waals surface area (Å²) < 4.78 is 73.1. The van der Waals surface area contributed by atoms with Crippen LogP contribution in [0.5, 0.6) is 5.75 Å². The lowest BCUT2D eigenvalue weighted by Gasteiger charge is -2.39. The van der Waals surface area contributed by atoms with E-state index in [9.17, 15) is 22.0 Å². The fraction of sp³-hybridized carbons (Fsp3) is 0.727. The summed E-state index contributed by atoms with van der Waals surface area (Å²) in [6.45, 7) is 2.21. The van der Waals surface area contributed by atoms with Crippen LogP contribution in [0.2, 0.25) is 0 Å². The second kappa shape index (κ2) is 9.00. The van der Waals surface area contributed by atoms with Crippen molar-refractivity contribution in [3.05, 3.63) is 29.6 Å². The predicted octanol–water partition coefficient (Wildman–Crippen LogP) is 7.49. The standard InChI is InChI=1S/C22H29F5O/c1-2-3-14-4-6-15(7-5-14)16-8-10-17(11-9-16)22(26,27)28-18-12-19(23)21(25)20(24)13-18/h12-17H,2-11H2,1H3. The largest absolute Gasteiger partial charge is 0.432 e. The smallest absolute Gasteiger partial charge is 0.400 e. The highest BCUT2D eigenvalue weighted by Crippen LogP contribution is 2.46. The van der Waals surface area contributed by atoms with Gasteiger partial charge in [-0.25, -0.2) is 13.2 Å². The fourth-order valence-electron chi connectivity index (χ4n) is 5.11. The van der Waals surface area contributed by atoms with Crippen molar-refractivity contribution in [3.8, 4) is 5.75 Å². The molecule has 1 aromatic carbocycles. The molecule has 0 aromatic heterocycles. The van der Waals surface area contributed by atoms with Gasteiger partial charge in [0.1, 0.15) is 5.75 Å². The van der Waals surface area contributed by atoms with Crippen LogP contribution in [-0.4, -0.2) is 6.11 Å². The summed E-state index contributed by atoms with van der Waals surface area (Å²) in [5.74, 6) is -4.49. The molecule has 0 unspecified atom stereocenters. The molecule has 0 heterocycles. The molecule has 28 heavy (non-hydrogen) atoms. The number of hydrogen-bond donors (Lipinski definition) is 0. The van der Waals surface area contributed by atoms with Crippen LogP contribution in [0.25, 0.3) is 0 Å². The van der Waals surface area contributed by atoms with Gasteiger partial charge in [-0.05, 0) is 56.3 Å². The monoisotopic (exact) mass is 404 g/mol. The van der Waals surface area contributed by atoms with E-state index in [4.69, 9.17) is 0 Å². The first-order valence-corrected chi connectivity index (χ1v) is 10.5. The lowest BCUT2D eigenvalue weighted by Crippen LogP contribution is -2.38. The van der Waals surface area contributed by atoms with Gasteiger partial charge in [0.2, 0.25) is 0 Å². The second-order valence-corrected chi connectivity index (χ2v) is 8.55. The van der Waals surface area contributed by atoms with E-state index in [0.717, 1.165) is 18.8 Å². The molecule has 0 N–H and O–H groups in total. The number of halogens is 5. The Morgan fingerprint density at radius 1 is 0.857 bits per heavy atom. The molecule has 2 aliphatic rings. The SMILES string of the molecule is CCCC1CCC(C2CCC(C(F)(F)Oc3cc(F)c(F)c(F)c3)CC2)CC1. The molecule has 0 saturated heterocycles. The third-order valence-electron chi connectivity index (χ3n) is 6.71. The van der Waals surface area contributed by atoms with E-state index in [1.807, 2.05) is 0 Å². The Labute approximate surface area is 163 Å². The van der Waals surface area contributed by atoms with E-state index in [0.29, 0.717) is 36.8 Å². The highest BCUT2D eigenvalue weighted by molar-refractivity contribution is 5.25. The van der Waals surface area contributed by atoms with Gasteiger partial charge in [0.25, 0.3) is 0 Å². The number of rotatable bonds is 6. The quantitative estimate of drug-likeness (QED) is 0.353. The van der Waals surface area contributed by atoms with E-state index in [2.05, 4.69) is 11.7 Å². The van der Waals surface area contributed by atoms with Crippen LogP contribution in [-0.2, 0) is 0 Å². The Balaban J connectivity index is 1.52. The van der Waals surface area contributed by atoms with Crippen LogP contribution in [0.1, 0.15) is 71.1 Å². The summed E-state index contributed by atoms with van der Waals surface area (Å²) in [5.41, 5.74) is 0. The average Bonchev–Trinajstić information content (AvgIpc) is 2.67. The minimum absolute atomic E-state index is 0.332. The van der Waals surface area contributed by atoms with Gasteiger partial charge >= 0.3 is 6.11 Å². The third-order valence-corrected chi connectivity index (χ3v) is 6.71. The van der Waals surface area contributed by atoms with Crippen LogP contribution in [0.15, 0.2) is 12.1 Å². The summed E-state index contributed by atoms with van der Waals surface area (Å²) in [4.78, 5) is 0. The van der Waals surface area contributed by atoms with Gasteiger partial charge in [-0.15, -0.1) is 0 Å². The highest BCUT2D eigenvalue weighted by Gasteiger charge is 2.45. The maximum atomic E-state index is 14.5. The molecule has 158 valence electrons. The van der Waals surface area contributed by atoms with Gasteiger partial charge in [-0.2, -0.15) is 8.78 Å². The molecule has 1 aromatic rings. The molecule has 6 heteroatoms. The lowest BCUT2D eigenvalue weighted by molar-refractivity contribution is -0.224. The number of ether oxygens (including phenoxy) is 1. The molecule has 2 aliphatic carbocycles. The summed E-state index contributed by atoms with van der Waals surface area (Å²) in [5, 5.41) is 0. The van der Waals surface area contributed by atoms with E-state index in [-0.39, 0.29) is 0 Å². The van der Waals surface area contributed by atoms with Gasteiger partial charge in [-0.1, -0.05) is 32.6 Å². The summed E-state index contributed by atoms with van der Waals surface area (Å²) in [7, 11) is 0. The Hall–Kier alpha value is -1.33. The van der Waals surface area contributed by atoms with Crippen molar-refractivity contribution in [2.45, 2.75) is 77.2 Å². The van der Waals surface area contributed by atoms with Gasteiger partial charge in [0.15, 0.2) is 17.5 Å². The van der Waals surface area contributed by atoms with Gasteiger partial charge in [-0.3, -0.25) is 0 Å². The van der Waals surface area contributed by atoms with Crippen molar-refractivity contribution in [1.82, 2.24) is 0 Å². The molecular weight excluding hydrogens is 375 g/mol. The fourth-order valence-corrected chi connectivity index (χ4v) is 5.11. The van der Waals surface area contributed by atoms with E-state index < -0.39 is 35.2 Å². The van der Waals surface area contributed by atoms with E-state index in [1.54, 1.807) is 0 Å². The topological polar surface area (TPSA) is 9.23 Å². The van der Waals surface area contributed by atoms with Gasteiger partial charge in [0, 0.05) is 12.1 Å². The van der Waals surface area contributed by atoms with E-state index >= 15 is 0 Å². The summed E-state index contributed by atoms with van der Waals surface area (Å²) in [6.07, 6.45) is 6.00. The minimum Gasteiger partial charge on any atom is -0.432 e. The zero-order valence-corrected chi connectivity index (χ0v) is 16.3. The van der Waals surface area contributed by atoms with Crippen molar-refractivity contribution in [3.63, 3.8) is 0 Å². The van der Waals surface area contributed by atoms with Crippen LogP contribution < -0.4 is 4.74 Å². The first kappa shape index (κ1) is 21.4. The molecule has 0 atom stereocenters. The maximum Gasteiger partial charge on any atom is 0.400 e. The van der Waals surface area contributed by atoms with Crippen LogP contribution in [0.3, 0.4) is 0 Å². The van der Waals surface area contributed by atoms with E-state index in [1.165, 1.54) is 38.5 Å². The Bertz CT molecular complexity index is 623. The molecule has 0 bridgehead atoms. The summed E-state index contributed by atoms with van der Waals surface area (Å²) in [6, 6.07) is 0.930. The Kier molecular flexibility index (Phi) is 6.87. The molecular formula is C22H29F5O. The molecule has 2 fully saturated rings. The lowest BCUT2D eigenvalue weighted by atomic mass is 9.68. The number of hydrogen-bond acceptors (Lipinski definition) is 1. The molecule has 0 amide bonds. The van der Waals surface area contributed by atoms with Gasteiger partial charge in [0.05, 0.1) is 5.92 Å². The Morgan fingerprint density at radius 3 is 1.86 bits per heavy atom. The summed E-state index contributed by atoms with van der Waals surface area (Å²) >= 11 is 0. The first-order chi connectivity index (χ1) is 13.3. The third kappa shape index (κ3) is 4.98. The average molecular weight is 404 g/mol. The molecule has 0 radical (unpaired) electrons. The molecule has 1 nitrogen and oxygen atoms in total. The van der Waals surface area contributed by atoms with Crippen molar-refractivity contribution in [2.75, 3.05) is 0 Å². The van der Waals surface area contributed by atoms with Crippen molar-refractivity contribution in [1.29, 1.82) is 0 Å². The zero-order chi connectivity index (χ0) is 20.3. The van der Waals surface area contributed by atoms with Crippen molar-refractivity contribution in [2.24, 2.45) is 23.7 Å². The molecule has 0 aliphatic heterocycles. The van der Waals surface area contributed by atoms with Crippen LogP contribution >= 0.6 is 0 Å². The molecule has 3 rings (SSSR count). The first-order valence-electron chi connectivity index (χ1n) is 10.5. The molecule has 2 saturated carbocycles. The zero-order valence-electron chi connectivity index (χ0n) is 16.3. The predicted molar refractivity (Wildman–Crippen MR) is 97.7 cm³/mol. The normalized spacial score (nSPS) is 28.9. The number of benzene rings is 1. The highest BCUT2D eigenvalue weighted by atomic mass is 19.3. The maximum absolute atomic E-state index is 14.5. The second-order valence-electron chi connectivity index (χ2n) is 8.55. The van der Waals surface area contributed by atoms with Crippen LogP contribution in [0.4, 0.5) is 22.0 Å².